The molecule has 1 unspecified atom stereocenters. The third-order valence-electron chi connectivity index (χ3n) is 5.95. The van der Waals surface area contributed by atoms with Crippen molar-refractivity contribution in [1.29, 1.82) is 0 Å². The van der Waals surface area contributed by atoms with Gasteiger partial charge in [-0.05, 0) is 29.3 Å². The molecule has 0 amide bonds. The van der Waals surface area contributed by atoms with Crippen LogP contribution in [0.3, 0.4) is 0 Å². The Morgan fingerprint density at radius 3 is 2.72 bits per heavy atom. The van der Waals surface area contributed by atoms with Crippen molar-refractivity contribution in [2.24, 2.45) is 5.16 Å². The van der Waals surface area contributed by atoms with Crippen molar-refractivity contribution in [2.75, 3.05) is 7.11 Å². The van der Waals surface area contributed by atoms with E-state index in [9.17, 15) is 5.11 Å². The van der Waals surface area contributed by atoms with Crippen LogP contribution in [0.15, 0.2) is 84.3 Å². The van der Waals surface area contributed by atoms with E-state index < -0.39 is 0 Å². The monoisotopic (exact) mass is 479 g/mol. The summed E-state index contributed by atoms with van der Waals surface area (Å²) in [5.74, 6) is 2.03. The van der Waals surface area contributed by atoms with Crippen molar-refractivity contribution in [3.63, 3.8) is 0 Å². The molecule has 0 saturated carbocycles. The van der Waals surface area contributed by atoms with E-state index in [2.05, 4.69) is 15.2 Å². The Labute approximate surface area is 206 Å². The molecule has 9 heteroatoms. The van der Waals surface area contributed by atoms with Crippen molar-refractivity contribution in [3.8, 4) is 23.1 Å². The second kappa shape index (κ2) is 9.03. The SMILES string of the molecule is COc1ccc(C2c3ccc(O)cc3Oc3ncn4nc(CO/N=C/c5ccccc5)nc4c32)cc1. The molecule has 0 aliphatic carbocycles. The molecule has 3 aromatic carbocycles. The van der Waals surface area contributed by atoms with Gasteiger partial charge in [-0.25, -0.2) is 14.5 Å². The number of methoxy groups -OCH3 is 1. The molecule has 5 aromatic rings. The number of aromatic nitrogens is 4. The van der Waals surface area contributed by atoms with Crippen LogP contribution in [0.1, 0.15) is 34.0 Å². The van der Waals surface area contributed by atoms with E-state index in [4.69, 9.17) is 19.3 Å². The number of fused-ring (bicyclic) bond motifs is 4. The highest BCUT2D eigenvalue weighted by Gasteiger charge is 2.33. The molecule has 0 fully saturated rings. The van der Waals surface area contributed by atoms with Gasteiger partial charge in [-0.15, -0.1) is 5.10 Å². The molecule has 1 N–H and O–H groups in total. The number of hydrogen-bond donors (Lipinski definition) is 1. The lowest BCUT2D eigenvalue weighted by Gasteiger charge is -2.28. The summed E-state index contributed by atoms with van der Waals surface area (Å²) in [5, 5.41) is 18.6. The van der Waals surface area contributed by atoms with E-state index in [1.807, 2.05) is 60.7 Å². The average Bonchev–Trinajstić information content (AvgIpc) is 3.34. The van der Waals surface area contributed by atoms with Crippen LogP contribution >= 0.6 is 0 Å². The van der Waals surface area contributed by atoms with Crippen LogP contribution in [-0.4, -0.2) is 38.0 Å². The quantitative estimate of drug-likeness (QED) is 0.273. The molecule has 0 radical (unpaired) electrons. The Bertz CT molecular complexity index is 1570. The number of phenols is 1. The third-order valence-corrected chi connectivity index (χ3v) is 5.95. The number of hydrogen-bond acceptors (Lipinski definition) is 8. The van der Waals surface area contributed by atoms with E-state index in [-0.39, 0.29) is 18.3 Å². The van der Waals surface area contributed by atoms with E-state index >= 15 is 0 Å². The number of ether oxygens (including phenoxy) is 2. The highest BCUT2D eigenvalue weighted by Crippen LogP contribution is 2.48. The minimum Gasteiger partial charge on any atom is -0.508 e. The van der Waals surface area contributed by atoms with Crippen molar-refractivity contribution >= 4 is 11.9 Å². The van der Waals surface area contributed by atoms with Crippen molar-refractivity contribution in [1.82, 2.24) is 19.6 Å². The molecule has 3 heterocycles. The molecule has 2 aromatic heterocycles. The van der Waals surface area contributed by atoms with Crippen LogP contribution in [-0.2, 0) is 11.4 Å². The van der Waals surface area contributed by atoms with Crippen LogP contribution in [0.2, 0.25) is 0 Å². The normalized spacial score (nSPS) is 14.3. The third kappa shape index (κ3) is 3.96. The van der Waals surface area contributed by atoms with Gasteiger partial charge in [-0.1, -0.05) is 53.7 Å². The highest BCUT2D eigenvalue weighted by atomic mass is 16.6. The lowest BCUT2D eigenvalue weighted by Crippen LogP contribution is -2.15. The summed E-state index contributed by atoms with van der Waals surface area (Å²) in [6.07, 6.45) is 3.19. The number of rotatable bonds is 6. The molecule has 1 aliphatic rings. The second-order valence-corrected chi connectivity index (χ2v) is 8.21. The summed E-state index contributed by atoms with van der Waals surface area (Å²) in [4.78, 5) is 14.7. The lowest BCUT2D eigenvalue weighted by atomic mass is 9.84. The van der Waals surface area contributed by atoms with Crippen LogP contribution in [0.4, 0.5) is 0 Å². The molecular formula is C27H21N5O4. The van der Waals surface area contributed by atoms with Crippen LogP contribution in [0.5, 0.6) is 23.1 Å². The lowest BCUT2D eigenvalue weighted by molar-refractivity contribution is 0.126. The summed E-state index contributed by atoms with van der Waals surface area (Å²) in [6.45, 7) is 0.0955. The number of aromatic hydroxyl groups is 1. The first-order chi connectivity index (χ1) is 17.7. The van der Waals surface area contributed by atoms with Crippen molar-refractivity contribution in [3.05, 3.63) is 107 Å². The summed E-state index contributed by atoms with van der Waals surface area (Å²) in [5.41, 5.74) is 4.18. The Hall–Kier alpha value is -4.92. The molecular weight excluding hydrogens is 458 g/mol. The molecule has 9 nitrogen and oxygen atoms in total. The van der Waals surface area contributed by atoms with Gasteiger partial charge in [0.05, 0.1) is 18.9 Å². The molecule has 0 bridgehead atoms. The Morgan fingerprint density at radius 1 is 1.08 bits per heavy atom. The van der Waals surface area contributed by atoms with Gasteiger partial charge < -0.3 is 19.4 Å². The fraction of sp³-hybridized carbons (Fsp3) is 0.111. The van der Waals surface area contributed by atoms with Gasteiger partial charge in [0.15, 0.2) is 18.1 Å². The molecule has 36 heavy (non-hydrogen) atoms. The zero-order valence-corrected chi connectivity index (χ0v) is 19.3. The predicted octanol–water partition coefficient (Wildman–Crippen LogP) is 4.68. The van der Waals surface area contributed by atoms with Gasteiger partial charge in [0.1, 0.15) is 23.6 Å². The molecule has 1 atom stereocenters. The summed E-state index contributed by atoms with van der Waals surface area (Å²) in [7, 11) is 1.63. The predicted molar refractivity (Wildman–Crippen MR) is 132 cm³/mol. The number of oxime groups is 1. The largest absolute Gasteiger partial charge is 0.508 e. The van der Waals surface area contributed by atoms with E-state index in [0.717, 1.165) is 28.0 Å². The number of nitrogens with zero attached hydrogens (tertiary/aromatic N) is 5. The van der Waals surface area contributed by atoms with Crippen LogP contribution in [0.25, 0.3) is 5.65 Å². The molecule has 6 rings (SSSR count). The zero-order valence-electron chi connectivity index (χ0n) is 19.3. The number of benzene rings is 3. The van der Waals surface area contributed by atoms with Crippen molar-refractivity contribution < 1.29 is 19.4 Å². The van der Waals surface area contributed by atoms with Crippen LogP contribution in [0, 0.1) is 0 Å². The molecule has 0 spiro atoms. The fourth-order valence-electron chi connectivity index (χ4n) is 4.28. The maximum Gasteiger partial charge on any atom is 0.228 e. The van der Waals surface area contributed by atoms with Gasteiger partial charge in [0.2, 0.25) is 5.88 Å². The van der Waals surface area contributed by atoms with E-state index in [1.54, 1.807) is 36.3 Å². The van der Waals surface area contributed by atoms with Gasteiger partial charge >= 0.3 is 0 Å². The summed E-state index contributed by atoms with van der Waals surface area (Å²) < 4.78 is 13.0. The summed E-state index contributed by atoms with van der Waals surface area (Å²) >= 11 is 0. The average molecular weight is 479 g/mol. The maximum atomic E-state index is 10.0. The molecule has 0 saturated heterocycles. The minimum absolute atomic E-state index is 0.0955. The van der Waals surface area contributed by atoms with Crippen molar-refractivity contribution in [2.45, 2.75) is 12.5 Å². The first-order valence-corrected chi connectivity index (χ1v) is 11.3. The van der Waals surface area contributed by atoms with Gasteiger partial charge in [-0.2, -0.15) is 0 Å². The highest BCUT2D eigenvalue weighted by molar-refractivity contribution is 5.78. The Kier molecular flexibility index (Phi) is 5.42. The van der Waals surface area contributed by atoms with E-state index in [1.165, 1.54) is 0 Å². The molecule has 178 valence electrons. The van der Waals surface area contributed by atoms with Gasteiger partial charge in [0.25, 0.3) is 0 Å². The van der Waals surface area contributed by atoms with Gasteiger partial charge in [-0.3, -0.25) is 0 Å². The fourth-order valence-corrected chi connectivity index (χ4v) is 4.28. The van der Waals surface area contributed by atoms with Crippen LogP contribution < -0.4 is 9.47 Å². The van der Waals surface area contributed by atoms with E-state index in [0.29, 0.717) is 23.1 Å². The smallest absolute Gasteiger partial charge is 0.228 e. The standard InChI is InChI=1S/C27H21N5O4/c1-34-20-10-7-18(8-11-20)24-21-12-9-19(33)13-22(21)36-27-25(24)26-30-23(31-32(26)16-28-27)15-35-29-14-17-5-3-2-4-6-17/h2-14,16,24,33H,15H2,1H3/b29-14+. The minimum atomic E-state index is -0.250. The first kappa shape index (κ1) is 21.6. The Balaban J connectivity index is 1.38. The first-order valence-electron chi connectivity index (χ1n) is 11.3. The second-order valence-electron chi connectivity index (χ2n) is 8.21. The molecule has 1 aliphatic heterocycles. The maximum absolute atomic E-state index is 10.0. The summed E-state index contributed by atoms with van der Waals surface area (Å²) in [6, 6.07) is 22.6. The number of phenolic OH excluding ortho intramolecular Hbond substituents is 1. The Morgan fingerprint density at radius 2 is 1.92 bits per heavy atom. The van der Waals surface area contributed by atoms with Gasteiger partial charge in [0, 0.05) is 17.5 Å². The zero-order chi connectivity index (χ0) is 24.5. The topological polar surface area (TPSA) is 103 Å².